The fourth-order valence-electron chi connectivity index (χ4n) is 2.01. The summed E-state index contributed by atoms with van der Waals surface area (Å²) in [5.41, 5.74) is 8.44. The maximum atomic E-state index is 6.01. The number of nitrogens with two attached hydrogens (primary N) is 1. The van der Waals surface area contributed by atoms with Gasteiger partial charge in [0, 0.05) is 10.8 Å². The summed E-state index contributed by atoms with van der Waals surface area (Å²) in [4.78, 5) is 10.4. The van der Waals surface area contributed by atoms with Gasteiger partial charge in [0.15, 0.2) is 0 Å². The van der Waals surface area contributed by atoms with Gasteiger partial charge < -0.3 is 5.73 Å². The normalized spacial score (nSPS) is 14.5. The first kappa shape index (κ1) is 14.1. The van der Waals surface area contributed by atoms with Crippen LogP contribution < -0.4 is 5.73 Å². The summed E-state index contributed by atoms with van der Waals surface area (Å²) in [5, 5.41) is 0. The Morgan fingerprint density at radius 1 is 1.25 bits per heavy atom. The third-order valence-corrected chi connectivity index (χ3v) is 5.42. The lowest BCUT2D eigenvalue weighted by molar-refractivity contribution is 0.924. The third kappa shape index (κ3) is 3.25. The van der Waals surface area contributed by atoms with Crippen molar-refractivity contribution in [2.24, 2.45) is 0 Å². The second kappa shape index (κ2) is 5.89. The molecular weight excluding hydrogens is 381 g/mol. The van der Waals surface area contributed by atoms with E-state index >= 15 is 0 Å². The minimum atomic E-state index is 0.607. The molecule has 104 valence electrons. The average molecular weight is 397 g/mol. The first-order valence-electron chi connectivity index (χ1n) is 6.64. The SMILES string of the molecule is Cc1ccc(SCc2nc(N)c(I)c(C3CC3)n2)cc1. The second-order valence-electron chi connectivity index (χ2n) is 5.10. The van der Waals surface area contributed by atoms with Gasteiger partial charge in [-0.3, -0.25) is 0 Å². The Morgan fingerprint density at radius 2 is 1.95 bits per heavy atom. The number of hydrogen-bond donors (Lipinski definition) is 1. The van der Waals surface area contributed by atoms with E-state index in [1.165, 1.54) is 23.3 Å². The molecule has 3 nitrogen and oxygen atoms in total. The van der Waals surface area contributed by atoms with E-state index in [9.17, 15) is 0 Å². The molecule has 1 fully saturated rings. The Balaban J connectivity index is 1.75. The number of benzene rings is 1. The van der Waals surface area contributed by atoms with Crippen molar-refractivity contribution >= 4 is 40.2 Å². The monoisotopic (exact) mass is 397 g/mol. The van der Waals surface area contributed by atoms with Gasteiger partial charge in [-0.05, 0) is 54.5 Å². The van der Waals surface area contributed by atoms with Crippen molar-refractivity contribution < 1.29 is 0 Å². The maximum Gasteiger partial charge on any atom is 0.141 e. The van der Waals surface area contributed by atoms with E-state index in [4.69, 9.17) is 10.7 Å². The predicted molar refractivity (Wildman–Crippen MR) is 91.9 cm³/mol. The number of aromatic nitrogens is 2. The second-order valence-corrected chi connectivity index (χ2v) is 7.23. The van der Waals surface area contributed by atoms with E-state index in [-0.39, 0.29) is 0 Å². The van der Waals surface area contributed by atoms with Crippen LogP contribution in [0.25, 0.3) is 0 Å². The molecule has 1 aliphatic carbocycles. The molecule has 0 aliphatic heterocycles. The highest BCUT2D eigenvalue weighted by molar-refractivity contribution is 14.1. The molecular formula is C15H16IN3S. The number of hydrogen-bond acceptors (Lipinski definition) is 4. The predicted octanol–water partition coefficient (Wildman–Crippen LogP) is 4.14. The van der Waals surface area contributed by atoms with Crippen molar-refractivity contribution in [3.05, 3.63) is 44.9 Å². The van der Waals surface area contributed by atoms with E-state index in [1.807, 2.05) is 0 Å². The number of anilines is 1. The minimum Gasteiger partial charge on any atom is -0.383 e. The number of thioether (sulfide) groups is 1. The molecule has 0 saturated heterocycles. The smallest absolute Gasteiger partial charge is 0.141 e. The molecule has 1 aromatic carbocycles. The Morgan fingerprint density at radius 3 is 2.60 bits per heavy atom. The van der Waals surface area contributed by atoms with Gasteiger partial charge in [-0.2, -0.15) is 0 Å². The Labute approximate surface area is 136 Å². The lowest BCUT2D eigenvalue weighted by Crippen LogP contribution is -2.06. The summed E-state index contributed by atoms with van der Waals surface area (Å²) in [6, 6.07) is 8.53. The van der Waals surface area contributed by atoms with Crippen molar-refractivity contribution in [2.75, 3.05) is 5.73 Å². The molecule has 2 N–H and O–H groups in total. The highest BCUT2D eigenvalue weighted by Crippen LogP contribution is 2.42. The molecule has 0 radical (unpaired) electrons. The van der Waals surface area contributed by atoms with Crippen LogP contribution in [-0.2, 0) is 5.75 Å². The molecule has 0 spiro atoms. The van der Waals surface area contributed by atoms with E-state index < -0.39 is 0 Å². The number of nitrogen functional groups attached to an aromatic ring is 1. The van der Waals surface area contributed by atoms with Crippen LogP contribution >= 0.6 is 34.4 Å². The number of rotatable bonds is 4. The average Bonchev–Trinajstić information content (AvgIpc) is 3.26. The molecule has 5 heteroatoms. The van der Waals surface area contributed by atoms with E-state index in [0.29, 0.717) is 11.7 Å². The van der Waals surface area contributed by atoms with Gasteiger partial charge in [-0.15, -0.1) is 11.8 Å². The van der Waals surface area contributed by atoms with E-state index in [2.05, 4.69) is 58.8 Å². The van der Waals surface area contributed by atoms with Gasteiger partial charge in [0.2, 0.25) is 0 Å². The van der Waals surface area contributed by atoms with Crippen LogP contribution in [0.2, 0.25) is 0 Å². The summed E-state index contributed by atoms with van der Waals surface area (Å²) in [6.45, 7) is 2.10. The third-order valence-electron chi connectivity index (χ3n) is 3.30. The zero-order valence-electron chi connectivity index (χ0n) is 11.3. The summed E-state index contributed by atoms with van der Waals surface area (Å²) < 4.78 is 1.04. The maximum absolute atomic E-state index is 6.01. The Bertz CT molecular complexity index is 624. The first-order valence-corrected chi connectivity index (χ1v) is 8.71. The first-order chi connectivity index (χ1) is 9.63. The van der Waals surface area contributed by atoms with Crippen molar-refractivity contribution in [1.82, 2.24) is 9.97 Å². The molecule has 1 aromatic heterocycles. The summed E-state index contributed by atoms with van der Waals surface area (Å²) >= 11 is 4.02. The number of aryl methyl sites for hydroxylation is 1. The quantitative estimate of drug-likeness (QED) is 0.623. The molecule has 0 atom stereocenters. The van der Waals surface area contributed by atoms with Crippen molar-refractivity contribution in [3.63, 3.8) is 0 Å². The molecule has 2 aromatic rings. The standard InChI is InChI=1S/C15H16IN3S/c1-9-2-6-11(7-3-9)20-8-12-18-14(10-4-5-10)13(16)15(17)19-12/h2-3,6-7,10H,4-5,8H2,1H3,(H2,17,18,19). The fourth-order valence-corrected chi connectivity index (χ4v) is 3.44. The van der Waals surface area contributed by atoms with Crippen LogP contribution in [0.1, 0.15) is 35.8 Å². The van der Waals surface area contributed by atoms with Crippen LogP contribution in [0, 0.1) is 10.5 Å². The molecule has 1 heterocycles. The van der Waals surface area contributed by atoms with Gasteiger partial charge in [-0.25, -0.2) is 9.97 Å². The van der Waals surface area contributed by atoms with Gasteiger partial charge in [0.25, 0.3) is 0 Å². The van der Waals surface area contributed by atoms with Crippen LogP contribution in [0.3, 0.4) is 0 Å². The molecule has 0 bridgehead atoms. The fraction of sp³-hybridized carbons (Fsp3) is 0.333. The van der Waals surface area contributed by atoms with E-state index in [1.54, 1.807) is 11.8 Å². The van der Waals surface area contributed by atoms with Gasteiger partial charge in [0.1, 0.15) is 11.6 Å². The zero-order chi connectivity index (χ0) is 14.1. The van der Waals surface area contributed by atoms with Crippen LogP contribution in [0.5, 0.6) is 0 Å². The minimum absolute atomic E-state index is 0.607. The molecule has 3 rings (SSSR count). The van der Waals surface area contributed by atoms with Crippen LogP contribution in [0.15, 0.2) is 29.2 Å². The number of halogens is 1. The van der Waals surface area contributed by atoms with Crippen LogP contribution in [-0.4, -0.2) is 9.97 Å². The highest BCUT2D eigenvalue weighted by Gasteiger charge is 2.28. The van der Waals surface area contributed by atoms with Gasteiger partial charge in [-0.1, -0.05) is 17.7 Å². The summed E-state index contributed by atoms with van der Waals surface area (Å²) in [6.07, 6.45) is 2.47. The number of nitrogens with zero attached hydrogens (tertiary/aromatic N) is 2. The van der Waals surface area contributed by atoms with Crippen molar-refractivity contribution in [3.8, 4) is 0 Å². The molecule has 0 amide bonds. The zero-order valence-corrected chi connectivity index (χ0v) is 14.2. The Kier molecular flexibility index (Phi) is 4.16. The summed E-state index contributed by atoms with van der Waals surface area (Å²) in [7, 11) is 0. The molecule has 0 unspecified atom stereocenters. The Hall–Kier alpha value is -0.820. The topological polar surface area (TPSA) is 51.8 Å². The van der Waals surface area contributed by atoms with Crippen molar-refractivity contribution in [2.45, 2.75) is 36.3 Å². The summed E-state index contributed by atoms with van der Waals surface area (Å²) in [5.74, 6) is 2.84. The van der Waals surface area contributed by atoms with Gasteiger partial charge in [0.05, 0.1) is 15.0 Å². The van der Waals surface area contributed by atoms with Crippen molar-refractivity contribution in [1.29, 1.82) is 0 Å². The lowest BCUT2D eigenvalue weighted by atomic mass is 10.2. The van der Waals surface area contributed by atoms with E-state index in [0.717, 1.165) is 20.8 Å². The lowest BCUT2D eigenvalue weighted by Gasteiger charge is -2.08. The molecule has 20 heavy (non-hydrogen) atoms. The van der Waals surface area contributed by atoms with Crippen LogP contribution in [0.4, 0.5) is 5.82 Å². The van der Waals surface area contributed by atoms with Gasteiger partial charge >= 0.3 is 0 Å². The highest BCUT2D eigenvalue weighted by atomic mass is 127. The molecule has 1 aliphatic rings. The largest absolute Gasteiger partial charge is 0.383 e. The molecule has 1 saturated carbocycles.